The van der Waals surface area contributed by atoms with Gasteiger partial charge in [0.2, 0.25) is 5.39 Å². The van der Waals surface area contributed by atoms with Gasteiger partial charge in [-0.1, -0.05) is 0 Å². The summed E-state index contributed by atoms with van der Waals surface area (Å²) in [5.74, 6) is 0. The third-order valence-corrected chi connectivity index (χ3v) is 2.65. The van der Waals surface area contributed by atoms with E-state index < -0.39 is 11.7 Å². The molecule has 0 saturated carbocycles. The van der Waals surface area contributed by atoms with Gasteiger partial charge in [-0.25, -0.2) is 0 Å². The highest BCUT2D eigenvalue weighted by Crippen LogP contribution is 2.39. The van der Waals surface area contributed by atoms with Crippen molar-refractivity contribution < 1.29 is 13.2 Å². The summed E-state index contributed by atoms with van der Waals surface area (Å²) < 4.78 is 36.9. The Bertz CT molecular complexity index is 385. The molecule has 0 aromatic heterocycles. The summed E-state index contributed by atoms with van der Waals surface area (Å²) in [6.45, 7) is 0. The van der Waals surface area contributed by atoms with E-state index in [9.17, 15) is 13.2 Å². The number of hydrogen-bond donors (Lipinski definition) is 0. The lowest BCUT2D eigenvalue weighted by atomic mass is 10.2. The quantitative estimate of drug-likeness (QED) is 0.633. The molecule has 1 aromatic rings. The maximum atomic E-state index is 12.2. The Balaban J connectivity index is 3.37. The molecule has 0 aliphatic rings. The van der Waals surface area contributed by atoms with E-state index in [0.29, 0.717) is 0 Å². The van der Waals surface area contributed by atoms with Crippen molar-refractivity contribution >= 4 is 37.5 Å². The highest BCUT2D eigenvalue weighted by atomic mass is 79.9. The second-order valence-electron chi connectivity index (χ2n) is 2.39. The van der Waals surface area contributed by atoms with Gasteiger partial charge in [-0.15, -0.1) is 0 Å². The molecule has 14 heavy (non-hydrogen) atoms. The standard InChI is InChI=1S/C7H2Br2F3N2/c8-4-1-3(7(10,11)12)2-5(9)6(4)14-13/h1-2H/q+1. The Morgan fingerprint density at radius 3 is 1.86 bits per heavy atom. The van der Waals surface area contributed by atoms with E-state index in [1.165, 1.54) is 0 Å². The molecule has 0 saturated heterocycles. The van der Waals surface area contributed by atoms with Crippen LogP contribution in [-0.4, -0.2) is 0 Å². The monoisotopic (exact) mass is 329 g/mol. The first-order valence-corrected chi connectivity index (χ1v) is 4.86. The van der Waals surface area contributed by atoms with E-state index >= 15 is 0 Å². The molecule has 1 aromatic carbocycles. The summed E-state index contributed by atoms with van der Waals surface area (Å²) in [5, 5.41) is 8.48. The Morgan fingerprint density at radius 1 is 1.14 bits per heavy atom. The molecule has 74 valence electrons. The minimum absolute atomic E-state index is 0.0259. The van der Waals surface area contributed by atoms with Gasteiger partial charge in [0.25, 0.3) is 0 Å². The Hall–Kier alpha value is -0.610. The molecule has 0 heterocycles. The predicted molar refractivity (Wildman–Crippen MR) is 51.6 cm³/mol. The van der Waals surface area contributed by atoms with Gasteiger partial charge in [-0.05, 0) is 44.0 Å². The van der Waals surface area contributed by atoms with Gasteiger partial charge in [0.05, 0.1) is 5.56 Å². The van der Waals surface area contributed by atoms with Gasteiger partial charge in [-0.3, -0.25) is 0 Å². The highest BCUT2D eigenvalue weighted by Gasteiger charge is 2.33. The lowest BCUT2D eigenvalue weighted by Crippen LogP contribution is -2.04. The zero-order valence-corrected chi connectivity index (χ0v) is 9.61. The first-order valence-electron chi connectivity index (χ1n) is 3.27. The van der Waals surface area contributed by atoms with E-state index in [2.05, 4.69) is 36.8 Å². The predicted octanol–water partition coefficient (Wildman–Crippen LogP) is 4.71. The summed E-state index contributed by atoms with van der Waals surface area (Å²) in [5.41, 5.74) is -0.790. The minimum Gasteiger partial charge on any atom is -0.166 e. The average Bonchev–Trinajstić information content (AvgIpc) is 2.01. The van der Waals surface area contributed by atoms with Gasteiger partial charge >= 0.3 is 11.9 Å². The Morgan fingerprint density at radius 2 is 1.57 bits per heavy atom. The van der Waals surface area contributed by atoms with Crippen LogP contribution in [0, 0.1) is 5.39 Å². The van der Waals surface area contributed by atoms with Crippen molar-refractivity contribution in [2.24, 2.45) is 0 Å². The molecule has 0 aliphatic carbocycles. The number of nitrogens with zero attached hydrogens (tertiary/aromatic N) is 2. The number of hydrogen-bond acceptors (Lipinski definition) is 1. The molecule has 2 nitrogen and oxygen atoms in total. The van der Waals surface area contributed by atoms with Crippen LogP contribution in [0.5, 0.6) is 0 Å². The smallest absolute Gasteiger partial charge is 0.166 e. The van der Waals surface area contributed by atoms with E-state index in [-0.39, 0.29) is 14.6 Å². The molecule has 0 atom stereocenters. The van der Waals surface area contributed by atoms with Crippen LogP contribution in [-0.2, 0) is 6.18 Å². The summed E-state index contributed by atoms with van der Waals surface area (Å²) in [6.07, 6.45) is -4.42. The molecular weight excluding hydrogens is 329 g/mol. The molecular formula is C7H2Br2F3N2+. The number of halogens is 5. The lowest BCUT2D eigenvalue weighted by Gasteiger charge is -2.05. The average molecular weight is 331 g/mol. The molecule has 0 amide bonds. The second-order valence-corrected chi connectivity index (χ2v) is 4.09. The third-order valence-electron chi connectivity index (χ3n) is 1.44. The first-order chi connectivity index (χ1) is 6.36. The number of benzene rings is 1. The van der Waals surface area contributed by atoms with Crippen LogP contribution in [0.4, 0.5) is 18.9 Å². The number of rotatable bonds is 0. The van der Waals surface area contributed by atoms with Crippen molar-refractivity contribution in [3.05, 3.63) is 31.6 Å². The first kappa shape index (κ1) is 11.5. The third kappa shape index (κ3) is 2.25. The molecule has 0 spiro atoms. The van der Waals surface area contributed by atoms with Crippen LogP contribution in [0.15, 0.2) is 21.1 Å². The molecule has 1 rings (SSSR count). The molecule has 7 heteroatoms. The molecule has 0 bridgehead atoms. The van der Waals surface area contributed by atoms with Crippen molar-refractivity contribution in [3.63, 3.8) is 0 Å². The van der Waals surface area contributed by atoms with Gasteiger partial charge in [0.1, 0.15) is 8.95 Å². The van der Waals surface area contributed by atoms with Crippen molar-refractivity contribution in [3.8, 4) is 0 Å². The van der Waals surface area contributed by atoms with Crippen molar-refractivity contribution in [1.29, 1.82) is 5.39 Å². The van der Waals surface area contributed by atoms with E-state index in [0.717, 1.165) is 12.1 Å². The normalized spacial score (nSPS) is 11.1. The maximum absolute atomic E-state index is 12.2. The van der Waals surface area contributed by atoms with Gasteiger partial charge in [-0.2, -0.15) is 13.2 Å². The van der Waals surface area contributed by atoms with Gasteiger partial charge in [0.15, 0.2) is 4.98 Å². The molecule has 0 fully saturated rings. The topological polar surface area (TPSA) is 28.1 Å². The van der Waals surface area contributed by atoms with E-state index in [1.807, 2.05) is 0 Å². The lowest BCUT2D eigenvalue weighted by molar-refractivity contribution is -0.137. The van der Waals surface area contributed by atoms with Crippen LogP contribution in [0.25, 0.3) is 4.98 Å². The molecule has 0 aliphatic heterocycles. The van der Waals surface area contributed by atoms with Crippen LogP contribution >= 0.6 is 31.9 Å². The van der Waals surface area contributed by atoms with Crippen LogP contribution in [0.1, 0.15) is 5.56 Å². The fraction of sp³-hybridized carbons (Fsp3) is 0.143. The van der Waals surface area contributed by atoms with Gasteiger partial charge < -0.3 is 0 Å². The van der Waals surface area contributed by atoms with Crippen molar-refractivity contribution in [2.45, 2.75) is 6.18 Å². The largest absolute Gasteiger partial charge is 0.416 e. The zero-order chi connectivity index (χ0) is 10.9. The zero-order valence-electron chi connectivity index (χ0n) is 6.44. The van der Waals surface area contributed by atoms with Crippen LogP contribution < -0.4 is 0 Å². The van der Waals surface area contributed by atoms with Crippen LogP contribution in [0.2, 0.25) is 0 Å². The SMILES string of the molecule is N#[N+]c1c(Br)cc(C(F)(F)F)cc1Br. The van der Waals surface area contributed by atoms with E-state index in [4.69, 9.17) is 5.39 Å². The number of diazo groups is 1. The summed E-state index contributed by atoms with van der Waals surface area (Å²) in [6, 6.07) is 1.69. The fourth-order valence-corrected chi connectivity index (χ4v) is 2.17. The summed E-state index contributed by atoms with van der Waals surface area (Å²) >= 11 is 5.73. The maximum Gasteiger partial charge on any atom is 0.416 e. The Kier molecular flexibility index (Phi) is 3.17. The second kappa shape index (κ2) is 3.87. The Labute approximate surface area is 94.0 Å². The molecule has 0 radical (unpaired) electrons. The highest BCUT2D eigenvalue weighted by molar-refractivity contribution is 9.11. The summed E-state index contributed by atoms with van der Waals surface area (Å²) in [4.78, 5) is 2.83. The minimum atomic E-state index is -4.42. The fourth-order valence-electron chi connectivity index (χ4n) is 0.825. The van der Waals surface area contributed by atoms with Crippen LogP contribution in [0.3, 0.4) is 0 Å². The number of alkyl halides is 3. The van der Waals surface area contributed by atoms with Gasteiger partial charge in [0, 0.05) is 0 Å². The molecule has 0 unspecified atom stereocenters. The van der Waals surface area contributed by atoms with E-state index in [1.54, 1.807) is 0 Å². The molecule has 0 N–H and O–H groups in total. The summed E-state index contributed by atoms with van der Waals surface area (Å²) in [7, 11) is 0. The van der Waals surface area contributed by atoms with Crippen molar-refractivity contribution in [2.75, 3.05) is 0 Å². The van der Waals surface area contributed by atoms with Crippen molar-refractivity contribution in [1.82, 2.24) is 0 Å².